The minimum absolute atomic E-state index is 0.00485. The van der Waals surface area contributed by atoms with Gasteiger partial charge in [-0.05, 0) is 20.8 Å². The monoisotopic (exact) mass is 300 g/mol. The molecule has 0 bridgehead atoms. The second kappa shape index (κ2) is 7.50. The van der Waals surface area contributed by atoms with Gasteiger partial charge in [0.1, 0.15) is 5.00 Å². The fraction of sp³-hybridized carbons (Fsp3) is 0.643. The normalized spacial score (nSPS) is 12.5. The Morgan fingerprint density at radius 3 is 2.55 bits per heavy atom. The van der Waals surface area contributed by atoms with E-state index in [2.05, 4.69) is 5.32 Å². The molecule has 0 saturated carbocycles. The van der Waals surface area contributed by atoms with Gasteiger partial charge in [0.25, 0.3) is 0 Å². The van der Waals surface area contributed by atoms with E-state index in [1.54, 1.807) is 7.11 Å². The molecule has 0 aliphatic rings. The first-order chi connectivity index (χ1) is 9.40. The lowest BCUT2D eigenvalue weighted by Gasteiger charge is -2.16. The molecule has 0 aliphatic carbocycles. The van der Waals surface area contributed by atoms with Gasteiger partial charge in [0.05, 0.1) is 23.3 Å². The van der Waals surface area contributed by atoms with Gasteiger partial charge in [-0.3, -0.25) is 4.79 Å². The maximum atomic E-state index is 11.9. The lowest BCUT2D eigenvalue weighted by molar-refractivity contribution is 0.0992. The van der Waals surface area contributed by atoms with Crippen LogP contribution in [0.25, 0.3) is 0 Å². The van der Waals surface area contributed by atoms with Crippen LogP contribution in [-0.4, -0.2) is 31.6 Å². The van der Waals surface area contributed by atoms with Gasteiger partial charge < -0.3 is 20.5 Å². The van der Waals surface area contributed by atoms with Crippen LogP contribution >= 0.6 is 11.3 Å². The third-order valence-corrected chi connectivity index (χ3v) is 3.78. The van der Waals surface area contributed by atoms with Crippen LogP contribution in [0, 0.1) is 0 Å². The second-order valence-electron chi connectivity index (χ2n) is 4.95. The van der Waals surface area contributed by atoms with E-state index in [0.29, 0.717) is 29.3 Å². The molecule has 1 aromatic heterocycles. The highest BCUT2D eigenvalue weighted by Crippen LogP contribution is 2.44. The molecule has 3 N–H and O–H groups in total. The highest BCUT2D eigenvalue weighted by Gasteiger charge is 2.23. The molecule has 0 spiro atoms. The van der Waals surface area contributed by atoms with Crippen molar-refractivity contribution in [1.82, 2.24) is 0 Å². The second-order valence-corrected chi connectivity index (χ2v) is 5.97. The number of carbonyl (C=O) groups excluding carboxylic acids is 1. The van der Waals surface area contributed by atoms with E-state index in [4.69, 9.17) is 15.2 Å². The third kappa shape index (κ3) is 4.11. The van der Waals surface area contributed by atoms with Crippen LogP contribution in [0.2, 0.25) is 0 Å². The highest BCUT2D eigenvalue weighted by atomic mass is 32.1. The van der Waals surface area contributed by atoms with Gasteiger partial charge in [-0.25, -0.2) is 0 Å². The number of thiophene rings is 1. The lowest BCUT2D eigenvalue weighted by atomic mass is 10.2. The minimum Gasteiger partial charge on any atom is -0.486 e. The van der Waals surface area contributed by atoms with Crippen LogP contribution in [0.15, 0.2) is 0 Å². The Labute approximate surface area is 124 Å². The van der Waals surface area contributed by atoms with Crippen molar-refractivity contribution >= 4 is 27.8 Å². The van der Waals surface area contributed by atoms with Gasteiger partial charge in [-0.2, -0.15) is 0 Å². The summed E-state index contributed by atoms with van der Waals surface area (Å²) in [5, 5.41) is 4.08. The molecule has 0 radical (unpaired) electrons. The Hall–Kier alpha value is -1.27. The molecule has 0 amide bonds. The maximum Gasteiger partial charge on any atom is 0.177 e. The van der Waals surface area contributed by atoms with Crippen molar-refractivity contribution < 1.29 is 14.3 Å². The molecule has 1 heterocycles. The van der Waals surface area contributed by atoms with Crippen molar-refractivity contribution in [3.8, 4) is 5.75 Å². The number of hydrogen-bond acceptors (Lipinski definition) is 6. The average Bonchev–Trinajstić information content (AvgIpc) is 2.66. The number of nitrogens with two attached hydrogens (primary N) is 1. The number of Topliss-reactive ketones (excluding diaryl/α,β-unsaturated/α-hetero) is 1. The molecular weight excluding hydrogens is 276 g/mol. The van der Waals surface area contributed by atoms with Crippen molar-refractivity contribution in [2.45, 2.75) is 46.3 Å². The number of nitrogens with one attached hydrogen (secondary N) is 1. The lowest BCUT2D eigenvalue weighted by Crippen LogP contribution is -2.21. The Bertz CT molecular complexity index is 458. The smallest absolute Gasteiger partial charge is 0.177 e. The van der Waals surface area contributed by atoms with E-state index >= 15 is 0 Å². The SMILES string of the molecule is CCC(=O)c1sc(NC(C)COC)c(OC(C)C)c1N. The van der Waals surface area contributed by atoms with Crippen LogP contribution in [0.3, 0.4) is 0 Å². The molecule has 6 heteroatoms. The van der Waals surface area contributed by atoms with Crippen molar-refractivity contribution in [2.75, 3.05) is 24.8 Å². The fourth-order valence-corrected chi connectivity index (χ4v) is 2.94. The average molecular weight is 300 g/mol. The van der Waals surface area contributed by atoms with Gasteiger partial charge in [-0.15, -0.1) is 11.3 Å². The summed E-state index contributed by atoms with van der Waals surface area (Å²) >= 11 is 1.35. The summed E-state index contributed by atoms with van der Waals surface area (Å²) < 4.78 is 10.9. The zero-order valence-corrected chi connectivity index (χ0v) is 13.6. The number of hydrogen-bond donors (Lipinski definition) is 2. The topological polar surface area (TPSA) is 73.6 Å². The van der Waals surface area contributed by atoms with E-state index in [1.807, 2.05) is 27.7 Å². The van der Waals surface area contributed by atoms with Gasteiger partial charge in [-0.1, -0.05) is 6.92 Å². The molecule has 114 valence electrons. The van der Waals surface area contributed by atoms with Crippen LogP contribution < -0.4 is 15.8 Å². The van der Waals surface area contributed by atoms with Crippen LogP contribution in [0.5, 0.6) is 5.75 Å². The van der Waals surface area contributed by atoms with Crippen LogP contribution in [0.1, 0.15) is 43.8 Å². The summed E-state index contributed by atoms with van der Waals surface area (Å²) in [5.74, 6) is 0.610. The molecule has 1 unspecified atom stereocenters. The molecule has 1 aromatic rings. The quantitative estimate of drug-likeness (QED) is 0.721. The van der Waals surface area contributed by atoms with E-state index < -0.39 is 0 Å². The number of anilines is 2. The van der Waals surface area contributed by atoms with Crippen molar-refractivity contribution in [3.05, 3.63) is 4.88 Å². The van der Waals surface area contributed by atoms with Gasteiger partial charge >= 0.3 is 0 Å². The predicted molar refractivity (Wildman–Crippen MR) is 84.1 cm³/mol. The van der Waals surface area contributed by atoms with Crippen molar-refractivity contribution in [3.63, 3.8) is 0 Å². The predicted octanol–water partition coefficient (Wildman–Crippen LogP) is 3.16. The fourth-order valence-electron chi connectivity index (χ4n) is 1.76. The number of nitrogen functional groups attached to an aromatic ring is 1. The van der Waals surface area contributed by atoms with E-state index in [1.165, 1.54) is 11.3 Å². The van der Waals surface area contributed by atoms with E-state index in [9.17, 15) is 4.79 Å². The molecule has 1 rings (SSSR count). The van der Waals surface area contributed by atoms with E-state index in [0.717, 1.165) is 5.00 Å². The van der Waals surface area contributed by atoms with E-state index in [-0.39, 0.29) is 17.9 Å². The minimum atomic E-state index is -0.00485. The summed E-state index contributed by atoms with van der Waals surface area (Å²) in [5.41, 5.74) is 6.50. The standard InChI is InChI=1S/C14H24N2O3S/c1-6-10(17)13-11(15)12(19-8(2)3)14(20-13)16-9(4)7-18-5/h8-9,16H,6-7,15H2,1-5H3. The number of methoxy groups -OCH3 is 1. The molecule has 0 fully saturated rings. The zero-order chi connectivity index (χ0) is 15.3. The first kappa shape index (κ1) is 16.8. The maximum absolute atomic E-state index is 11.9. The first-order valence-corrected chi connectivity index (χ1v) is 7.59. The molecule has 5 nitrogen and oxygen atoms in total. The van der Waals surface area contributed by atoms with Gasteiger partial charge in [0.2, 0.25) is 0 Å². The Balaban J connectivity index is 3.09. The Morgan fingerprint density at radius 1 is 1.40 bits per heavy atom. The Kier molecular flexibility index (Phi) is 6.29. The van der Waals surface area contributed by atoms with Crippen LogP contribution in [0.4, 0.5) is 10.7 Å². The number of ether oxygens (including phenoxy) is 2. The summed E-state index contributed by atoms with van der Waals surface area (Å²) in [6.45, 7) is 8.25. The van der Waals surface area contributed by atoms with Gasteiger partial charge in [0.15, 0.2) is 11.5 Å². The molecule has 20 heavy (non-hydrogen) atoms. The summed E-state index contributed by atoms with van der Waals surface area (Å²) in [7, 11) is 1.65. The number of rotatable bonds is 8. The van der Waals surface area contributed by atoms with Gasteiger partial charge in [0, 0.05) is 19.6 Å². The largest absolute Gasteiger partial charge is 0.486 e. The van der Waals surface area contributed by atoms with Crippen molar-refractivity contribution in [2.24, 2.45) is 0 Å². The molecule has 0 saturated heterocycles. The number of carbonyl (C=O) groups is 1. The summed E-state index contributed by atoms with van der Waals surface area (Å²) in [6.07, 6.45) is 0.425. The highest BCUT2D eigenvalue weighted by molar-refractivity contribution is 7.19. The zero-order valence-electron chi connectivity index (χ0n) is 12.8. The van der Waals surface area contributed by atoms with Crippen molar-refractivity contribution in [1.29, 1.82) is 0 Å². The van der Waals surface area contributed by atoms with Crippen LogP contribution in [-0.2, 0) is 4.74 Å². The summed E-state index contributed by atoms with van der Waals surface area (Å²) in [4.78, 5) is 12.5. The summed E-state index contributed by atoms with van der Waals surface area (Å²) in [6, 6.07) is 0.108. The molecular formula is C14H24N2O3S. The molecule has 0 aliphatic heterocycles. The Morgan fingerprint density at radius 2 is 2.05 bits per heavy atom. The third-order valence-electron chi connectivity index (χ3n) is 2.62. The number of ketones is 1. The molecule has 0 aromatic carbocycles. The molecule has 1 atom stereocenters. The first-order valence-electron chi connectivity index (χ1n) is 6.78.